The molecule has 8 heteroatoms. The fourth-order valence-corrected chi connectivity index (χ4v) is 4.13. The summed E-state index contributed by atoms with van der Waals surface area (Å²) in [6.07, 6.45) is 5.40. The highest BCUT2D eigenvalue weighted by Gasteiger charge is 2.18. The lowest BCUT2D eigenvalue weighted by atomic mass is 10.00. The topological polar surface area (TPSA) is 94.3 Å². The Hall–Kier alpha value is -3.55. The van der Waals surface area contributed by atoms with Crippen molar-refractivity contribution in [1.82, 2.24) is 34.7 Å². The lowest BCUT2D eigenvalue weighted by Gasteiger charge is -2.10. The van der Waals surface area contributed by atoms with Crippen LogP contribution in [0.15, 0.2) is 47.5 Å². The van der Waals surface area contributed by atoms with Gasteiger partial charge in [0.15, 0.2) is 5.82 Å². The van der Waals surface area contributed by atoms with Crippen LogP contribution in [0.25, 0.3) is 22.5 Å². The van der Waals surface area contributed by atoms with E-state index in [-0.39, 0.29) is 11.7 Å². The predicted octanol–water partition coefficient (Wildman–Crippen LogP) is 3.78. The summed E-state index contributed by atoms with van der Waals surface area (Å²) in [5, 5.41) is 14.1. The third-order valence-corrected chi connectivity index (χ3v) is 5.57. The number of hydrogen-bond donors (Lipinski definition) is 1. The molecule has 1 aromatic carbocycles. The monoisotopic (exact) mass is 417 g/mol. The van der Waals surface area contributed by atoms with Crippen LogP contribution in [-0.2, 0) is 13.0 Å². The lowest BCUT2D eigenvalue weighted by Crippen LogP contribution is -2.27. The average Bonchev–Trinajstić information content (AvgIpc) is 3.38. The third-order valence-electron chi connectivity index (χ3n) is 5.57. The SMILES string of the molecule is CCCc1c(C)n(C(C)C)c(=O)n1Cc1ccc(-c2ccncc2-c2nnn[nH]2)cc1. The van der Waals surface area contributed by atoms with Crippen molar-refractivity contribution in [1.29, 1.82) is 0 Å². The van der Waals surface area contributed by atoms with E-state index in [4.69, 9.17) is 0 Å². The van der Waals surface area contributed by atoms with Crippen LogP contribution in [-0.4, -0.2) is 34.7 Å². The summed E-state index contributed by atoms with van der Waals surface area (Å²) in [5.74, 6) is 0.577. The number of nitrogens with one attached hydrogen (secondary N) is 1. The molecule has 3 heterocycles. The number of pyridine rings is 1. The van der Waals surface area contributed by atoms with Gasteiger partial charge in [-0.25, -0.2) is 9.89 Å². The molecule has 160 valence electrons. The predicted molar refractivity (Wildman–Crippen MR) is 120 cm³/mol. The first-order chi connectivity index (χ1) is 15.0. The maximum Gasteiger partial charge on any atom is 0.329 e. The smallest absolute Gasteiger partial charge is 0.294 e. The van der Waals surface area contributed by atoms with E-state index >= 15 is 0 Å². The van der Waals surface area contributed by atoms with Crippen LogP contribution >= 0.6 is 0 Å². The van der Waals surface area contributed by atoms with Crippen LogP contribution in [0.4, 0.5) is 0 Å². The maximum atomic E-state index is 13.1. The standard InChI is InChI=1S/C23H27N7O/c1-5-6-21-16(4)30(15(2)3)23(31)29(21)14-17-7-9-18(10-8-17)19-11-12-24-13-20(19)22-25-27-28-26-22/h7-13,15H,5-6,14H2,1-4H3,(H,25,26,27,28). The normalized spacial score (nSPS) is 11.4. The van der Waals surface area contributed by atoms with Gasteiger partial charge in [-0.05, 0) is 60.4 Å². The molecular weight excluding hydrogens is 390 g/mol. The Kier molecular flexibility index (Phi) is 5.79. The van der Waals surface area contributed by atoms with Gasteiger partial charge in [0.05, 0.1) is 6.54 Å². The van der Waals surface area contributed by atoms with E-state index < -0.39 is 0 Å². The molecule has 4 rings (SSSR count). The minimum atomic E-state index is 0.0641. The van der Waals surface area contributed by atoms with Gasteiger partial charge in [-0.1, -0.05) is 37.6 Å². The molecule has 0 fully saturated rings. The zero-order chi connectivity index (χ0) is 22.0. The average molecular weight is 418 g/mol. The number of benzene rings is 1. The number of tetrazole rings is 1. The van der Waals surface area contributed by atoms with E-state index in [0.717, 1.165) is 46.5 Å². The Morgan fingerprint density at radius 3 is 2.52 bits per heavy atom. The van der Waals surface area contributed by atoms with E-state index in [1.54, 1.807) is 12.4 Å². The van der Waals surface area contributed by atoms with Gasteiger partial charge in [-0.15, -0.1) is 5.10 Å². The third kappa shape index (κ3) is 3.93. The summed E-state index contributed by atoms with van der Waals surface area (Å²) >= 11 is 0. The molecular formula is C23H27N7O. The second-order valence-corrected chi connectivity index (χ2v) is 7.98. The second-order valence-electron chi connectivity index (χ2n) is 7.98. The van der Waals surface area contributed by atoms with Crippen LogP contribution in [0.3, 0.4) is 0 Å². The highest BCUT2D eigenvalue weighted by Crippen LogP contribution is 2.29. The molecule has 0 bridgehead atoms. The fraction of sp³-hybridized carbons (Fsp3) is 0.348. The fourth-order valence-electron chi connectivity index (χ4n) is 4.13. The van der Waals surface area contributed by atoms with Crippen molar-refractivity contribution in [3.8, 4) is 22.5 Å². The van der Waals surface area contributed by atoms with Crippen molar-refractivity contribution in [3.05, 3.63) is 70.2 Å². The zero-order valence-corrected chi connectivity index (χ0v) is 18.3. The molecule has 4 aromatic rings. The maximum absolute atomic E-state index is 13.1. The van der Waals surface area contributed by atoms with Gasteiger partial charge in [0, 0.05) is 35.4 Å². The molecule has 0 saturated carbocycles. The van der Waals surface area contributed by atoms with Gasteiger partial charge in [0.2, 0.25) is 0 Å². The van der Waals surface area contributed by atoms with Crippen molar-refractivity contribution in [3.63, 3.8) is 0 Å². The first-order valence-corrected chi connectivity index (χ1v) is 10.6. The van der Waals surface area contributed by atoms with E-state index in [2.05, 4.69) is 77.6 Å². The van der Waals surface area contributed by atoms with Gasteiger partial charge in [0.25, 0.3) is 0 Å². The molecule has 8 nitrogen and oxygen atoms in total. The molecule has 0 saturated heterocycles. The summed E-state index contributed by atoms with van der Waals surface area (Å²) in [4.78, 5) is 17.3. The Bertz CT molecular complexity index is 1220. The van der Waals surface area contributed by atoms with E-state index in [9.17, 15) is 4.79 Å². The molecule has 0 aliphatic rings. The summed E-state index contributed by atoms with van der Waals surface area (Å²) in [6, 6.07) is 10.4. The lowest BCUT2D eigenvalue weighted by molar-refractivity contribution is 0.550. The minimum Gasteiger partial charge on any atom is -0.294 e. The van der Waals surface area contributed by atoms with Gasteiger partial charge in [0.1, 0.15) is 0 Å². The number of imidazole rings is 1. The summed E-state index contributed by atoms with van der Waals surface area (Å²) in [7, 11) is 0. The molecule has 0 aliphatic carbocycles. The van der Waals surface area contributed by atoms with Crippen LogP contribution < -0.4 is 5.69 Å². The number of H-pyrrole nitrogens is 1. The molecule has 0 spiro atoms. The molecule has 3 aromatic heterocycles. The van der Waals surface area contributed by atoms with Crippen molar-refractivity contribution < 1.29 is 0 Å². The van der Waals surface area contributed by atoms with Gasteiger partial charge < -0.3 is 0 Å². The van der Waals surface area contributed by atoms with Gasteiger partial charge in [-0.2, -0.15) is 0 Å². The van der Waals surface area contributed by atoms with Crippen LogP contribution in [0, 0.1) is 6.92 Å². The summed E-state index contributed by atoms with van der Waals surface area (Å²) < 4.78 is 3.82. The summed E-state index contributed by atoms with van der Waals surface area (Å²) in [5.41, 5.74) is 6.21. The van der Waals surface area contributed by atoms with Crippen molar-refractivity contribution in [2.24, 2.45) is 0 Å². The van der Waals surface area contributed by atoms with E-state index in [0.29, 0.717) is 12.4 Å². The molecule has 0 radical (unpaired) electrons. The van der Waals surface area contributed by atoms with Crippen molar-refractivity contribution in [2.45, 2.75) is 53.1 Å². The zero-order valence-electron chi connectivity index (χ0n) is 18.3. The van der Waals surface area contributed by atoms with E-state index in [1.165, 1.54) is 0 Å². The van der Waals surface area contributed by atoms with Gasteiger partial charge >= 0.3 is 5.69 Å². The Labute approximate surface area is 181 Å². The van der Waals surface area contributed by atoms with Gasteiger partial charge in [-0.3, -0.25) is 14.1 Å². The first kappa shape index (κ1) is 20.7. The van der Waals surface area contributed by atoms with Crippen LogP contribution in [0.1, 0.15) is 50.2 Å². The Balaban J connectivity index is 1.67. The molecule has 0 atom stereocenters. The first-order valence-electron chi connectivity index (χ1n) is 10.6. The summed E-state index contributed by atoms with van der Waals surface area (Å²) in [6.45, 7) is 8.87. The Morgan fingerprint density at radius 1 is 1.10 bits per heavy atom. The number of nitrogens with zero attached hydrogens (tertiary/aromatic N) is 6. The molecule has 0 amide bonds. The highest BCUT2D eigenvalue weighted by molar-refractivity contribution is 5.79. The second kappa shape index (κ2) is 8.67. The Morgan fingerprint density at radius 2 is 1.87 bits per heavy atom. The van der Waals surface area contributed by atoms with Crippen LogP contribution in [0.5, 0.6) is 0 Å². The van der Waals surface area contributed by atoms with Crippen molar-refractivity contribution >= 4 is 0 Å². The molecule has 0 aliphatic heterocycles. The number of aromatic amines is 1. The van der Waals surface area contributed by atoms with Crippen LogP contribution in [0.2, 0.25) is 0 Å². The number of rotatable bonds is 7. The minimum absolute atomic E-state index is 0.0641. The number of aromatic nitrogens is 7. The molecule has 0 unspecified atom stereocenters. The van der Waals surface area contributed by atoms with E-state index in [1.807, 2.05) is 15.2 Å². The largest absolute Gasteiger partial charge is 0.329 e. The quantitative estimate of drug-likeness (QED) is 0.494. The molecule has 31 heavy (non-hydrogen) atoms. The number of hydrogen-bond acceptors (Lipinski definition) is 5. The van der Waals surface area contributed by atoms with Crippen molar-refractivity contribution in [2.75, 3.05) is 0 Å². The highest BCUT2D eigenvalue weighted by atomic mass is 16.1. The molecule has 1 N–H and O–H groups in total.